The Kier molecular flexibility index (Phi) is 6.31. The van der Waals surface area contributed by atoms with Gasteiger partial charge in [0.1, 0.15) is 11.2 Å². The summed E-state index contributed by atoms with van der Waals surface area (Å²) in [6, 6.07) is 0. The van der Waals surface area contributed by atoms with Gasteiger partial charge in [0.05, 0.1) is 26.4 Å². The van der Waals surface area contributed by atoms with Gasteiger partial charge in [0.15, 0.2) is 0 Å². The first-order chi connectivity index (χ1) is 7.07. The summed E-state index contributed by atoms with van der Waals surface area (Å²) in [4.78, 5) is 0. The van der Waals surface area contributed by atoms with Gasteiger partial charge in [0.25, 0.3) is 0 Å². The average molecular weight is 222 g/mol. The van der Waals surface area contributed by atoms with Gasteiger partial charge in [0.2, 0.25) is 0 Å². The Hall–Kier alpha value is -0.200. The third kappa shape index (κ3) is 3.39. The van der Waals surface area contributed by atoms with E-state index in [-0.39, 0.29) is 26.4 Å². The number of aliphatic hydroxyl groups excluding tert-OH is 4. The van der Waals surface area contributed by atoms with Crippen molar-refractivity contribution in [1.29, 1.82) is 0 Å². The van der Waals surface area contributed by atoms with Crippen molar-refractivity contribution in [2.24, 2.45) is 0 Å². The molecule has 0 atom stereocenters. The highest BCUT2D eigenvalue weighted by atomic mass is 16.6. The molecule has 0 aromatic heterocycles. The van der Waals surface area contributed by atoms with Crippen molar-refractivity contribution in [3.05, 3.63) is 0 Å². The fraction of sp³-hybridized carbons (Fsp3) is 1.00. The molecule has 0 fully saturated rings. The second-order valence-corrected chi connectivity index (χ2v) is 3.81. The van der Waals surface area contributed by atoms with Crippen LogP contribution in [-0.2, 0) is 4.74 Å². The molecule has 4 N–H and O–H groups in total. The molecule has 0 saturated carbocycles. The monoisotopic (exact) mass is 222 g/mol. The zero-order chi connectivity index (χ0) is 11.9. The van der Waals surface area contributed by atoms with Crippen LogP contribution in [0.3, 0.4) is 0 Å². The first-order valence-corrected chi connectivity index (χ1v) is 5.21. The third-order valence-corrected chi connectivity index (χ3v) is 2.87. The van der Waals surface area contributed by atoms with Gasteiger partial charge in [-0.05, 0) is 12.8 Å². The van der Waals surface area contributed by atoms with Crippen molar-refractivity contribution in [3.8, 4) is 0 Å². The predicted molar refractivity (Wildman–Crippen MR) is 55.5 cm³/mol. The number of rotatable bonds is 8. The van der Waals surface area contributed by atoms with E-state index >= 15 is 0 Å². The summed E-state index contributed by atoms with van der Waals surface area (Å²) >= 11 is 0. The Labute approximate surface area is 90.3 Å². The summed E-state index contributed by atoms with van der Waals surface area (Å²) < 4.78 is 5.52. The van der Waals surface area contributed by atoms with Gasteiger partial charge in [-0.25, -0.2) is 0 Å². The van der Waals surface area contributed by atoms with Crippen LogP contribution in [0.25, 0.3) is 0 Å². The Bertz CT molecular complexity index is 129. The molecule has 0 aromatic carbocycles. The minimum Gasteiger partial charge on any atom is -0.393 e. The molecule has 0 aliphatic rings. The summed E-state index contributed by atoms with van der Waals surface area (Å²) in [5.74, 6) is 0. The SMILES string of the molecule is CCC(CO)(CO)OC(CC)(CO)CO. The van der Waals surface area contributed by atoms with Gasteiger partial charge in [-0.15, -0.1) is 0 Å². The average Bonchev–Trinajstić information content (AvgIpc) is 2.33. The highest BCUT2D eigenvalue weighted by Crippen LogP contribution is 2.25. The molecule has 15 heavy (non-hydrogen) atoms. The van der Waals surface area contributed by atoms with Crippen LogP contribution in [0, 0.1) is 0 Å². The van der Waals surface area contributed by atoms with Gasteiger partial charge in [0, 0.05) is 0 Å². The highest BCUT2D eigenvalue weighted by Gasteiger charge is 2.39. The van der Waals surface area contributed by atoms with Crippen LogP contribution in [0.5, 0.6) is 0 Å². The van der Waals surface area contributed by atoms with Gasteiger partial charge >= 0.3 is 0 Å². The topological polar surface area (TPSA) is 90.2 Å². The maximum atomic E-state index is 9.18. The van der Waals surface area contributed by atoms with E-state index < -0.39 is 11.2 Å². The van der Waals surface area contributed by atoms with Crippen molar-refractivity contribution in [3.63, 3.8) is 0 Å². The molecule has 0 aliphatic carbocycles. The smallest absolute Gasteiger partial charge is 0.115 e. The van der Waals surface area contributed by atoms with Crippen LogP contribution < -0.4 is 0 Å². The van der Waals surface area contributed by atoms with E-state index in [0.717, 1.165) is 0 Å². The van der Waals surface area contributed by atoms with E-state index in [4.69, 9.17) is 4.74 Å². The minimum absolute atomic E-state index is 0.345. The van der Waals surface area contributed by atoms with Crippen molar-refractivity contribution in [2.45, 2.75) is 37.9 Å². The maximum absolute atomic E-state index is 9.18. The molecule has 0 aromatic rings. The van der Waals surface area contributed by atoms with Crippen molar-refractivity contribution in [2.75, 3.05) is 26.4 Å². The zero-order valence-electron chi connectivity index (χ0n) is 9.44. The van der Waals surface area contributed by atoms with Crippen molar-refractivity contribution < 1.29 is 25.2 Å². The first-order valence-electron chi connectivity index (χ1n) is 5.21. The first kappa shape index (κ1) is 14.8. The summed E-state index contributed by atoms with van der Waals surface area (Å²) in [6.45, 7) is 2.15. The predicted octanol–water partition coefficient (Wildman–Crippen LogP) is -0.730. The number of aliphatic hydroxyl groups is 4. The van der Waals surface area contributed by atoms with E-state index in [9.17, 15) is 20.4 Å². The molecule has 0 spiro atoms. The van der Waals surface area contributed by atoms with Crippen molar-refractivity contribution >= 4 is 0 Å². The van der Waals surface area contributed by atoms with E-state index in [1.807, 2.05) is 0 Å². The second kappa shape index (κ2) is 6.40. The number of hydrogen-bond acceptors (Lipinski definition) is 5. The summed E-state index contributed by atoms with van der Waals surface area (Å²) in [5.41, 5.74) is -2.19. The van der Waals surface area contributed by atoms with E-state index in [2.05, 4.69) is 0 Å². The van der Waals surface area contributed by atoms with E-state index in [0.29, 0.717) is 12.8 Å². The lowest BCUT2D eigenvalue weighted by atomic mass is 9.97. The summed E-state index contributed by atoms with van der Waals surface area (Å²) in [7, 11) is 0. The molecule has 5 heteroatoms. The molecule has 92 valence electrons. The lowest BCUT2D eigenvalue weighted by molar-refractivity contribution is -0.218. The Morgan fingerprint density at radius 1 is 0.733 bits per heavy atom. The molecule has 5 nitrogen and oxygen atoms in total. The van der Waals surface area contributed by atoms with Gasteiger partial charge in [-0.1, -0.05) is 13.8 Å². The Balaban J connectivity index is 4.74. The van der Waals surface area contributed by atoms with Gasteiger partial charge in [-0.2, -0.15) is 0 Å². The summed E-state index contributed by atoms with van der Waals surface area (Å²) in [5, 5.41) is 36.7. The molecule has 0 rings (SSSR count). The third-order valence-electron chi connectivity index (χ3n) is 2.87. The quantitative estimate of drug-likeness (QED) is 0.435. The van der Waals surface area contributed by atoms with Crippen molar-refractivity contribution in [1.82, 2.24) is 0 Å². The van der Waals surface area contributed by atoms with Crippen LogP contribution in [0.15, 0.2) is 0 Å². The number of ether oxygens (including phenoxy) is 1. The van der Waals surface area contributed by atoms with Crippen LogP contribution >= 0.6 is 0 Å². The molecule has 0 aliphatic heterocycles. The Morgan fingerprint density at radius 3 is 1.13 bits per heavy atom. The molecule has 0 bridgehead atoms. The highest BCUT2D eigenvalue weighted by molar-refractivity contribution is 4.86. The second-order valence-electron chi connectivity index (χ2n) is 3.81. The van der Waals surface area contributed by atoms with Crippen LogP contribution in [0.1, 0.15) is 26.7 Å². The van der Waals surface area contributed by atoms with Gasteiger partial charge < -0.3 is 25.2 Å². The molecular weight excluding hydrogens is 200 g/mol. The maximum Gasteiger partial charge on any atom is 0.115 e. The minimum atomic E-state index is -1.10. The fourth-order valence-corrected chi connectivity index (χ4v) is 1.28. The molecule has 0 heterocycles. The van der Waals surface area contributed by atoms with Crippen LogP contribution in [0.2, 0.25) is 0 Å². The molecule has 0 radical (unpaired) electrons. The molecule has 0 amide bonds. The lowest BCUT2D eigenvalue weighted by Gasteiger charge is -2.39. The largest absolute Gasteiger partial charge is 0.393 e. The fourth-order valence-electron chi connectivity index (χ4n) is 1.28. The summed E-state index contributed by atoms with van der Waals surface area (Å²) in [6.07, 6.45) is 0.809. The lowest BCUT2D eigenvalue weighted by Crippen LogP contribution is -2.52. The van der Waals surface area contributed by atoms with Gasteiger partial charge in [-0.3, -0.25) is 0 Å². The number of hydrogen-bond donors (Lipinski definition) is 4. The van der Waals surface area contributed by atoms with Crippen LogP contribution in [0.4, 0.5) is 0 Å². The molecular formula is C10H22O5. The van der Waals surface area contributed by atoms with Crippen LogP contribution in [-0.4, -0.2) is 58.1 Å². The molecule has 0 saturated heterocycles. The standard InChI is InChI=1S/C10H22O5/c1-3-9(5-11,6-12)15-10(4-2,7-13)8-14/h11-14H,3-8H2,1-2H3. The zero-order valence-corrected chi connectivity index (χ0v) is 9.44. The van der Waals surface area contributed by atoms with E-state index in [1.54, 1.807) is 13.8 Å². The molecule has 0 unspecified atom stereocenters. The normalized spacial score (nSPS) is 13.2. The Morgan fingerprint density at radius 2 is 1.00 bits per heavy atom. The van der Waals surface area contributed by atoms with E-state index in [1.165, 1.54) is 0 Å².